The summed E-state index contributed by atoms with van der Waals surface area (Å²) in [5.41, 5.74) is 0. The number of hydrogen-bond donors (Lipinski definition) is 0. The van der Waals surface area contributed by atoms with Crippen molar-refractivity contribution in [2.24, 2.45) is 0 Å². The summed E-state index contributed by atoms with van der Waals surface area (Å²) in [6.07, 6.45) is -0.341. The molecule has 0 aliphatic rings. The van der Waals surface area contributed by atoms with E-state index in [9.17, 15) is 0 Å². The Balaban J connectivity index is 4.06. The quantitative estimate of drug-likeness (QED) is 0.546. The zero-order chi connectivity index (χ0) is 11.2. The molecule has 1 atom stereocenters. The predicted molar refractivity (Wildman–Crippen MR) is 61.6 cm³/mol. The molecule has 14 heavy (non-hydrogen) atoms. The molecule has 0 saturated carbocycles. The van der Waals surface area contributed by atoms with Gasteiger partial charge in [0.2, 0.25) is 0 Å². The van der Waals surface area contributed by atoms with Gasteiger partial charge < -0.3 is 9.47 Å². The van der Waals surface area contributed by atoms with Crippen molar-refractivity contribution in [3.8, 4) is 0 Å². The van der Waals surface area contributed by atoms with Gasteiger partial charge in [0.15, 0.2) is 10.1 Å². The summed E-state index contributed by atoms with van der Waals surface area (Å²) in [5, 5.41) is -0.470. The molecule has 0 amide bonds. The number of alkyl halides is 4. The molecule has 0 aromatic heterocycles. The molecule has 0 aromatic carbocycles. The van der Waals surface area contributed by atoms with Gasteiger partial charge >= 0.3 is 0 Å². The number of halogens is 4. The highest BCUT2D eigenvalue weighted by Crippen LogP contribution is 2.34. The van der Waals surface area contributed by atoms with Crippen LogP contribution in [0.3, 0.4) is 0 Å². The van der Waals surface area contributed by atoms with Crippen LogP contribution < -0.4 is 0 Å². The van der Waals surface area contributed by atoms with E-state index in [0.29, 0.717) is 13.2 Å². The Morgan fingerprint density at radius 2 is 1.50 bits per heavy atom. The monoisotopic (exact) mass is 282 g/mol. The van der Waals surface area contributed by atoms with Crippen molar-refractivity contribution in [3.63, 3.8) is 0 Å². The molecule has 0 aliphatic heterocycles. The van der Waals surface area contributed by atoms with Crippen molar-refractivity contribution in [1.29, 1.82) is 0 Å². The molecule has 0 fully saturated rings. The van der Waals surface area contributed by atoms with Crippen LogP contribution >= 0.6 is 46.4 Å². The van der Waals surface area contributed by atoms with Crippen LogP contribution in [0.25, 0.3) is 0 Å². The Labute approximate surface area is 105 Å². The second-order valence-corrected chi connectivity index (χ2v) is 5.69. The minimum absolute atomic E-state index is 0.184. The topological polar surface area (TPSA) is 18.5 Å². The van der Waals surface area contributed by atoms with E-state index >= 15 is 0 Å². The third-order valence-corrected chi connectivity index (χ3v) is 2.21. The van der Waals surface area contributed by atoms with Crippen LogP contribution in [0.5, 0.6) is 0 Å². The molecule has 0 spiro atoms. The van der Waals surface area contributed by atoms with Crippen molar-refractivity contribution in [2.45, 2.75) is 35.7 Å². The zero-order valence-electron chi connectivity index (χ0n) is 8.10. The Hall–Kier alpha value is 1.08. The highest BCUT2D eigenvalue weighted by Gasteiger charge is 2.30. The van der Waals surface area contributed by atoms with Gasteiger partial charge in [-0.15, -0.1) is 11.6 Å². The first-order valence-electron chi connectivity index (χ1n) is 4.34. The third-order valence-electron chi connectivity index (χ3n) is 1.38. The molecule has 0 rings (SSSR count). The van der Waals surface area contributed by atoms with Gasteiger partial charge in [-0.05, 0) is 13.8 Å². The van der Waals surface area contributed by atoms with Crippen LogP contribution in [0.15, 0.2) is 0 Å². The van der Waals surface area contributed by atoms with Crippen molar-refractivity contribution < 1.29 is 9.47 Å². The largest absolute Gasteiger partial charge is 0.351 e. The lowest BCUT2D eigenvalue weighted by Gasteiger charge is -2.24. The summed E-state index contributed by atoms with van der Waals surface area (Å²) >= 11 is 22.8. The minimum atomic E-state index is -1.38. The Morgan fingerprint density at radius 3 is 1.79 bits per heavy atom. The Kier molecular flexibility index (Phi) is 7.94. The standard InChI is InChI=1S/C8H14Cl4O2/c1-3-13-7(14-4-2)6(9)5-8(10,11)12/h6-7H,3-5H2,1-2H3. The molecule has 0 radical (unpaired) electrons. The van der Waals surface area contributed by atoms with Gasteiger partial charge in [-0.3, -0.25) is 0 Å². The Bertz CT molecular complexity index is 143. The summed E-state index contributed by atoms with van der Waals surface area (Å²) in [4.78, 5) is 0. The summed E-state index contributed by atoms with van der Waals surface area (Å²) in [5.74, 6) is 0. The lowest BCUT2D eigenvalue weighted by atomic mass is 10.3. The first-order valence-corrected chi connectivity index (χ1v) is 5.91. The van der Waals surface area contributed by atoms with Gasteiger partial charge in [0, 0.05) is 19.6 Å². The van der Waals surface area contributed by atoms with Crippen molar-refractivity contribution in [1.82, 2.24) is 0 Å². The van der Waals surface area contributed by atoms with Crippen LogP contribution in [0.1, 0.15) is 20.3 Å². The smallest absolute Gasteiger partial charge is 0.192 e. The normalized spacial score (nSPS) is 14.8. The van der Waals surface area contributed by atoms with Gasteiger partial charge in [-0.25, -0.2) is 0 Å². The molecule has 0 N–H and O–H groups in total. The second-order valence-electron chi connectivity index (χ2n) is 2.61. The zero-order valence-corrected chi connectivity index (χ0v) is 11.1. The first kappa shape index (κ1) is 15.1. The molecule has 2 nitrogen and oxygen atoms in total. The number of ether oxygens (including phenoxy) is 2. The Morgan fingerprint density at radius 1 is 1.07 bits per heavy atom. The fourth-order valence-corrected chi connectivity index (χ4v) is 2.02. The molecule has 86 valence electrons. The van der Waals surface area contributed by atoms with E-state index < -0.39 is 15.5 Å². The minimum Gasteiger partial charge on any atom is -0.351 e. The van der Waals surface area contributed by atoms with Crippen LogP contribution in [-0.2, 0) is 9.47 Å². The SMILES string of the molecule is CCOC(OCC)C(Cl)CC(Cl)(Cl)Cl. The van der Waals surface area contributed by atoms with Gasteiger partial charge in [0.1, 0.15) is 0 Å². The van der Waals surface area contributed by atoms with Gasteiger partial charge in [0.25, 0.3) is 0 Å². The van der Waals surface area contributed by atoms with Gasteiger partial charge in [0.05, 0.1) is 5.38 Å². The van der Waals surface area contributed by atoms with Crippen LogP contribution in [-0.4, -0.2) is 28.7 Å². The highest BCUT2D eigenvalue weighted by molar-refractivity contribution is 6.67. The van der Waals surface area contributed by atoms with Crippen molar-refractivity contribution in [2.75, 3.05) is 13.2 Å². The number of rotatable bonds is 6. The van der Waals surface area contributed by atoms with E-state index in [2.05, 4.69) is 0 Å². The summed E-state index contributed by atoms with van der Waals surface area (Å²) in [6, 6.07) is 0. The highest BCUT2D eigenvalue weighted by atomic mass is 35.6. The van der Waals surface area contributed by atoms with E-state index in [0.717, 1.165) is 0 Å². The molecule has 6 heteroatoms. The maximum atomic E-state index is 5.99. The van der Waals surface area contributed by atoms with Gasteiger partial charge in [-0.2, -0.15) is 0 Å². The average molecular weight is 284 g/mol. The lowest BCUT2D eigenvalue weighted by molar-refractivity contribution is -0.137. The van der Waals surface area contributed by atoms with Crippen molar-refractivity contribution >= 4 is 46.4 Å². The van der Waals surface area contributed by atoms with E-state index in [4.69, 9.17) is 55.9 Å². The first-order chi connectivity index (χ1) is 6.40. The molecular formula is C8H14Cl4O2. The molecule has 0 aromatic rings. The number of hydrogen-bond acceptors (Lipinski definition) is 2. The van der Waals surface area contributed by atoms with E-state index in [1.807, 2.05) is 13.8 Å². The van der Waals surface area contributed by atoms with E-state index in [1.165, 1.54) is 0 Å². The molecule has 0 aliphatic carbocycles. The fraction of sp³-hybridized carbons (Fsp3) is 1.00. The van der Waals surface area contributed by atoms with Crippen LogP contribution in [0, 0.1) is 0 Å². The van der Waals surface area contributed by atoms with E-state index in [-0.39, 0.29) is 6.42 Å². The third kappa shape index (κ3) is 7.38. The summed E-state index contributed by atoms with van der Waals surface area (Å²) in [6.45, 7) is 4.72. The molecular weight excluding hydrogens is 270 g/mol. The van der Waals surface area contributed by atoms with Crippen LogP contribution in [0.2, 0.25) is 0 Å². The molecule has 0 saturated heterocycles. The summed E-state index contributed by atoms with van der Waals surface area (Å²) < 4.78 is 9.14. The second kappa shape index (κ2) is 7.37. The predicted octanol–water partition coefficient (Wildman–Crippen LogP) is 3.75. The molecule has 1 unspecified atom stereocenters. The molecule has 0 bridgehead atoms. The van der Waals surface area contributed by atoms with Crippen molar-refractivity contribution in [3.05, 3.63) is 0 Å². The summed E-state index contributed by atoms with van der Waals surface area (Å²) in [7, 11) is 0. The average Bonchev–Trinajstić information content (AvgIpc) is 2.01. The fourth-order valence-electron chi connectivity index (χ4n) is 0.903. The molecule has 0 heterocycles. The van der Waals surface area contributed by atoms with E-state index in [1.54, 1.807) is 0 Å². The maximum Gasteiger partial charge on any atom is 0.192 e. The maximum absolute atomic E-state index is 5.99. The van der Waals surface area contributed by atoms with Crippen LogP contribution in [0.4, 0.5) is 0 Å². The van der Waals surface area contributed by atoms with Gasteiger partial charge in [-0.1, -0.05) is 34.8 Å². The lowest BCUT2D eigenvalue weighted by Crippen LogP contribution is -2.31.